The van der Waals surface area contributed by atoms with Crippen LogP contribution in [0.15, 0.2) is 30.5 Å². The van der Waals surface area contributed by atoms with Gasteiger partial charge in [0.2, 0.25) is 5.91 Å². The number of nitrogens with one attached hydrogen (secondary N) is 3. The summed E-state index contributed by atoms with van der Waals surface area (Å²) in [5.74, 6) is -0.0971. The van der Waals surface area contributed by atoms with Gasteiger partial charge in [0.15, 0.2) is 11.5 Å². The third-order valence-electron chi connectivity index (χ3n) is 7.24. The number of amides is 2. The molecular weight excluding hydrogens is 472 g/mol. The van der Waals surface area contributed by atoms with Gasteiger partial charge in [-0.25, -0.2) is 0 Å². The molecule has 3 N–H and O–H groups in total. The van der Waals surface area contributed by atoms with E-state index in [0.29, 0.717) is 24.1 Å². The van der Waals surface area contributed by atoms with Gasteiger partial charge in [-0.1, -0.05) is 12.1 Å². The second-order valence-electron chi connectivity index (χ2n) is 9.81. The highest BCUT2D eigenvalue weighted by atomic mass is 16.5. The summed E-state index contributed by atoms with van der Waals surface area (Å²) < 4.78 is 7.72. The molecule has 192 valence electrons. The van der Waals surface area contributed by atoms with Crippen molar-refractivity contribution in [2.75, 3.05) is 42.8 Å². The van der Waals surface area contributed by atoms with Crippen LogP contribution in [0.3, 0.4) is 0 Å². The minimum atomic E-state index is -0.367. The molecule has 37 heavy (non-hydrogen) atoms. The van der Waals surface area contributed by atoms with Crippen LogP contribution in [0.4, 0.5) is 22.9 Å². The third kappa shape index (κ3) is 4.39. The Hall–Kier alpha value is -3.99. The molecule has 2 amide bonds. The average molecular weight is 503 g/mol. The Morgan fingerprint density at radius 3 is 2.62 bits per heavy atom. The smallest absolute Gasteiger partial charge is 0.273 e. The predicted octanol–water partition coefficient (Wildman–Crippen LogP) is 3.09. The molecule has 3 aliphatic rings. The van der Waals surface area contributed by atoms with Gasteiger partial charge in [-0.2, -0.15) is 5.10 Å². The first kappa shape index (κ1) is 23.4. The number of carbonyl (C=O) groups excluding carboxylic acids is 2. The molecule has 4 heterocycles. The lowest BCUT2D eigenvalue weighted by molar-refractivity contribution is -0.117. The Morgan fingerprint density at radius 1 is 1.05 bits per heavy atom. The SMILES string of the molecule is CNC(=O)c1nnc(NC(=O)C2CC2)cc1Nc1cccc2c1N(C)Cc1c-2cnn1C1CCOCC1. The summed E-state index contributed by atoms with van der Waals surface area (Å²) in [5.41, 5.74) is 5.81. The molecular formula is C26H30N8O3. The van der Waals surface area contributed by atoms with E-state index in [4.69, 9.17) is 9.84 Å². The van der Waals surface area contributed by atoms with E-state index in [-0.39, 0.29) is 23.4 Å². The summed E-state index contributed by atoms with van der Waals surface area (Å²) in [4.78, 5) is 27.1. The van der Waals surface area contributed by atoms with Crippen molar-refractivity contribution in [3.8, 4) is 11.1 Å². The number of carbonyl (C=O) groups is 2. The topological polar surface area (TPSA) is 126 Å². The van der Waals surface area contributed by atoms with Crippen molar-refractivity contribution in [3.05, 3.63) is 41.9 Å². The van der Waals surface area contributed by atoms with Gasteiger partial charge in [0.25, 0.3) is 5.91 Å². The van der Waals surface area contributed by atoms with E-state index in [1.165, 1.54) is 5.69 Å². The Kier molecular flexibility index (Phi) is 5.99. The molecule has 11 heteroatoms. The van der Waals surface area contributed by atoms with Gasteiger partial charge in [-0.15, -0.1) is 10.2 Å². The van der Waals surface area contributed by atoms with Crippen LogP contribution in [0.25, 0.3) is 11.1 Å². The quantitative estimate of drug-likeness (QED) is 0.470. The number of fused-ring (bicyclic) bond motifs is 3. The normalized spacial score (nSPS) is 17.1. The van der Waals surface area contributed by atoms with Crippen molar-refractivity contribution in [2.24, 2.45) is 5.92 Å². The number of hydrogen-bond acceptors (Lipinski definition) is 8. The molecule has 2 fully saturated rings. The summed E-state index contributed by atoms with van der Waals surface area (Å²) in [5, 5.41) is 21.8. The molecule has 0 unspecified atom stereocenters. The molecule has 1 aliphatic carbocycles. The van der Waals surface area contributed by atoms with Crippen LogP contribution in [-0.4, -0.2) is 59.1 Å². The highest BCUT2D eigenvalue weighted by molar-refractivity contribution is 6.01. The van der Waals surface area contributed by atoms with Gasteiger partial charge >= 0.3 is 0 Å². The van der Waals surface area contributed by atoms with Crippen LogP contribution in [-0.2, 0) is 16.1 Å². The number of benzene rings is 1. The maximum absolute atomic E-state index is 12.6. The van der Waals surface area contributed by atoms with Gasteiger partial charge in [0, 0.05) is 50.4 Å². The van der Waals surface area contributed by atoms with Gasteiger partial charge < -0.3 is 25.6 Å². The fourth-order valence-corrected chi connectivity index (χ4v) is 5.14. The van der Waals surface area contributed by atoms with E-state index in [0.717, 1.165) is 61.4 Å². The minimum absolute atomic E-state index is 0.0304. The van der Waals surface area contributed by atoms with Crippen LogP contribution >= 0.6 is 0 Å². The number of para-hydroxylation sites is 1. The Morgan fingerprint density at radius 2 is 1.86 bits per heavy atom. The summed E-state index contributed by atoms with van der Waals surface area (Å²) in [6.45, 7) is 2.23. The highest BCUT2D eigenvalue weighted by Crippen LogP contribution is 2.45. The number of rotatable bonds is 6. The molecule has 2 aromatic heterocycles. The lowest BCUT2D eigenvalue weighted by Gasteiger charge is -2.32. The van der Waals surface area contributed by atoms with Gasteiger partial charge in [0.05, 0.1) is 41.5 Å². The molecule has 11 nitrogen and oxygen atoms in total. The number of hydrogen-bond donors (Lipinski definition) is 3. The van der Waals surface area contributed by atoms with E-state index in [9.17, 15) is 9.59 Å². The second-order valence-corrected chi connectivity index (χ2v) is 9.81. The zero-order valence-corrected chi connectivity index (χ0v) is 21.0. The molecule has 0 bridgehead atoms. The predicted molar refractivity (Wildman–Crippen MR) is 139 cm³/mol. The van der Waals surface area contributed by atoms with E-state index in [1.54, 1.807) is 13.1 Å². The lowest BCUT2D eigenvalue weighted by atomic mass is 9.97. The zero-order valence-electron chi connectivity index (χ0n) is 21.0. The van der Waals surface area contributed by atoms with E-state index >= 15 is 0 Å². The van der Waals surface area contributed by atoms with Crippen LogP contribution in [0.2, 0.25) is 0 Å². The van der Waals surface area contributed by atoms with E-state index in [1.807, 2.05) is 18.3 Å². The molecule has 0 atom stereocenters. The lowest BCUT2D eigenvalue weighted by Crippen LogP contribution is -2.28. The van der Waals surface area contributed by atoms with Gasteiger partial charge in [-0.05, 0) is 31.7 Å². The first-order valence-electron chi connectivity index (χ1n) is 12.7. The Labute approximate surface area is 214 Å². The second kappa shape index (κ2) is 9.47. The highest BCUT2D eigenvalue weighted by Gasteiger charge is 2.31. The first-order chi connectivity index (χ1) is 18.0. The molecule has 1 saturated heterocycles. The number of aromatic nitrogens is 4. The minimum Gasteiger partial charge on any atom is -0.381 e. The number of anilines is 4. The molecule has 1 saturated carbocycles. The summed E-state index contributed by atoms with van der Waals surface area (Å²) in [6, 6.07) is 8.06. The van der Waals surface area contributed by atoms with Crippen molar-refractivity contribution < 1.29 is 14.3 Å². The van der Waals surface area contributed by atoms with Gasteiger partial charge in [-0.3, -0.25) is 14.3 Å². The molecule has 6 rings (SSSR count). The fraction of sp³-hybridized carbons (Fsp3) is 0.423. The van der Waals surface area contributed by atoms with Crippen molar-refractivity contribution in [3.63, 3.8) is 0 Å². The zero-order chi connectivity index (χ0) is 25.5. The fourth-order valence-electron chi connectivity index (χ4n) is 5.14. The van der Waals surface area contributed by atoms with E-state index < -0.39 is 0 Å². The molecule has 2 aliphatic heterocycles. The van der Waals surface area contributed by atoms with Crippen molar-refractivity contribution >= 4 is 34.7 Å². The summed E-state index contributed by atoms with van der Waals surface area (Å²) >= 11 is 0. The average Bonchev–Trinajstić information content (AvgIpc) is 3.69. The van der Waals surface area contributed by atoms with Crippen LogP contribution in [0, 0.1) is 5.92 Å². The van der Waals surface area contributed by atoms with Crippen molar-refractivity contribution in [1.29, 1.82) is 0 Å². The monoisotopic (exact) mass is 502 g/mol. The summed E-state index contributed by atoms with van der Waals surface area (Å²) in [7, 11) is 3.60. The Bertz CT molecular complexity index is 1360. The molecule has 1 aromatic carbocycles. The van der Waals surface area contributed by atoms with Crippen molar-refractivity contribution in [2.45, 2.75) is 38.3 Å². The van der Waals surface area contributed by atoms with E-state index in [2.05, 4.69) is 48.8 Å². The maximum Gasteiger partial charge on any atom is 0.273 e. The summed E-state index contributed by atoms with van der Waals surface area (Å²) in [6.07, 6.45) is 5.65. The van der Waals surface area contributed by atoms with Gasteiger partial charge in [0.1, 0.15) is 0 Å². The largest absolute Gasteiger partial charge is 0.381 e. The number of ether oxygens (including phenoxy) is 1. The van der Waals surface area contributed by atoms with Crippen LogP contribution in [0.1, 0.15) is 47.9 Å². The van der Waals surface area contributed by atoms with Crippen LogP contribution in [0.5, 0.6) is 0 Å². The third-order valence-corrected chi connectivity index (χ3v) is 7.24. The van der Waals surface area contributed by atoms with Crippen LogP contribution < -0.4 is 20.9 Å². The molecule has 3 aromatic rings. The Balaban J connectivity index is 1.36. The number of nitrogens with zero attached hydrogens (tertiary/aromatic N) is 5. The van der Waals surface area contributed by atoms with Crippen molar-refractivity contribution in [1.82, 2.24) is 25.3 Å². The molecule has 0 radical (unpaired) electrons. The molecule has 0 spiro atoms. The maximum atomic E-state index is 12.6. The first-order valence-corrected chi connectivity index (χ1v) is 12.7. The standard InChI is InChI=1S/C26H30N8O3/c1-27-26(36)23-20(12-22(31-32-23)30-25(35)15-6-7-15)29-19-5-3-4-17-18-13-28-34(16-8-10-37-11-9-16)21(18)14-33(2)24(17)19/h3-5,12-13,15-16H,6-11,14H2,1-2H3,(H,27,36)(H2,29,30,31,35).